The molecule has 184 valence electrons. The number of para-hydroxylation sites is 1. The highest BCUT2D eigenvalue weighted by Gasteiger charge is 2.26. The summed E-state index contributed by atoms with van der Waals surface area (Å²) in [4.78, 5) is 32.0. The minimum atomic E-state index is -0.187. The first-order valence-corrected chi connectivity index (χ1v) is 11.8. The number of rotatable bonds is 3. The summed E-state index contributed by atoms with van der Waals surface area (Å²) in [7, 11) is 3.65. The number of hydrogen-bond acceptors (Lipinski definition) is 6. The van der Waals surface area contributed by atoms with Gasteiger partial charge in [0.05, 0.1) is 18.5 Å². The second-order valence-corrected chi connectivity index (χ2v) is 8.82. The monoisotopic (exact) mass is 476 g/mol. The summed E-state index contributed by atoms with van der Waals surface area (Å²) in [6.45, 7) is 6.53. The zero-order valence-electron chi connectivity index (χ0n) is 20.8. The third-order valence-electron chi connectivity index (χ3n) is 6.38. The van der Waals surface area contributed by atoms with Crippen LogP contribution < -0.4 is 9.64 Å². The van der Waals surface area contributed by atoms with Crippen molar-refractivity contribution < 1.29 is 14.3 Å². The third-order valence-corrected chi connectivity index (χ3v) is 6.38. The molecule has 1 aliphatic heterocycles. The average Bonchev–Trinajstić information content (AvgIpc) is 3.23. The lowest BCUT2D eigenvalue weighted by atomic mass is 10.1. The number of carbonyl (C=O) groups is 2. The average molecular weight is 477 g/mol. The lowest BCUT2D eigenvalue weighted by molar-refractivity contribution is -0.116. The van der Waals surface area contributed by atoms with E-state index in [2.05, 4.69) is 15.2 Å². The van der Waals surface area contributed by atoms with Crippen LogP contribution in [0.15, 0.2) is 48.5 Å². The van der Waals surface area contributed by atoms with Crippen LogP contribution in [0.25, 0.3) is 5.69 Å². The first-order chi connectivity index (χ1) is 16.9. The summed E-state index contributed by atoms with van der Waals surface area (Å²) >= 11 is 0. The van der Waals surface area contributed by atoms with Crippen LogP contribution in [0, 0.1) is 6.92 Å². The Balaban J connectivity index is 1.68. The van der Waals surface area contributed by atoms with E-state index in [9.17, 15) is 9.59 Å². The summed E-state index contributed by atoms with van der Waals surface area (Å²) < 4.78 is 6.98. The number of carbonyl (C=O) groups excluding carboxylic acids is 2. The molecule has 2 amide bonds. The molecule has 9 nitrogen and oxygen atoms in total. The zero-order chi connectivity index (χ0) is 24.9. The van der Waals surface area contributed by atoms with Crippen molar-refractivity contribution in [3.8, 4) is 11.4 Å². The predicted octanol–water partition coefficient (Wildman–Crippen LogP) is 2.92. The Bertz CT molecular complexity index is 1210. The smallest absolute Gasteiger partial charge is 0.276 e. The minimum Gasteiger partial charge on any atom is -0.497 e. The van der Waals surface area contributed by atoms with E-state index in [4.69, 9.17) is 4.74 Å². The van der Waals surface area contributed by atoms with Gasteiger partial charge in [0.2, 0.25) is 5.91 Å². The van der Waals surface area contributed by atoms with Crippen molar-refractivity contribution in [1.82, 2.24) is 24.8 Å². The van der Waals surface area contributed by atoms with Gasteiger partial charge in [0.25, 0.3) is 5.91 Å². The van der Waals surface area contributed by atoms with Gasteiger partial charge in [0, 0.05) is 44.9 Å². The second-order valence-electron chi connectivity index (χ2n) is 8.82. The van der Waals surface area contributed by atoms with E-state index in [-0.39, 0.29) is 11.8 Å². The van der Waals surface area contributed by atoms with E-state index in [0.717, 1.165) is 36.4 Å². The van der Waals surface area contributed by atoms with Crippen LogP contribution in [0.1, 0.15) is 35.1 Å². The lowest BCUT2D eigenvalue weighted by Crippen LogP contribution is -2.38. The first-order valence-electron chi connectivity index (χ1n) is 11.8. The van der Waals surface area contributed by atoms with E-state index in [1.807, 2.05) is 67.4 Å². The van der Waals surface area contributed by atoms with Crippen molar-refractivity contribution in [2.75, 3.05) is 45.2 Å². The molecule has 2 aromatic carbocycles. The Hall–Kier alpha value is -3.72. The van der Waals surface area contributed by atoms with E-state index >= 15 is 0 Å². The van der Waals surface area contributed by atoms with Gasteiger partial charge in [-0.1, -0.05) is 29.5 Å². The van der Waals surface area contributed by atoms with Crippen molar-refractivity contribution in [3.05, 3.63) is 65.5 Å². The number of likely N-dealkylation sites (N-methyl/N-ethyl adjacent to an activating group) is 1. The fraction of sp³-hybridized carbons (Fsp3) is 0.385. The van der Waals surface area contributed by atoms with E-state index in [0.29, 0.717) is 36.8 Å². The fourth-order valence-corrected chi connectivity index (χ4v) is 4.38. The SMILES string of the molecule is COc1cccc(-n2nnc(C(=O)N3CCN(C)CCCN(C(C)=O)c4ccccc4C3)c2C)c1. The van der Waals surface area contributed by atoms with Crippen molar-refractivity contribution in [2.45, 2.75) is 26.8 Å². The number of aromatic nitrogens is 3. The largest absolute Gasteiger partial charge is 0.497 e. The summed E-state index contributed by atoms with van der Waals surface area (Å²) in [5.41, 5.74) is 3.52. The maximum Gasteiger partial charge on any atom is 0.276 e. The molecule has 2 heterocycles. The Labute approximate surface area is 205 Å². The fourth-order valence-electron chi connectivity index (χ4n) is 4.38. The number of nitrogens with zero attached hydrogens (tertiary/aromatic N) is 6. The highest BCUT2D eigenvalue weighted by Crippen LogP contribution is 2.25. The van der Waals surface area contributed by atoms with Gasteiger partial charge in [-0.15, -0.1) is 5.10 Å². The van der Waals surface area contributed by atoms with Gasteiger partial charge in [0.1, 0.15) is 5.75 Å². The summed E-state index contributed by atoms with van der Waals surface area (Å²) in [5.74, 6) is 0.509. The molecule has 4 rings (SSSR count). The normalized spacial score (nSPS) is 15.3. The molecular formula is C26H32N6O3. The molecule has 3 aromatic rings. The quantitative estimate of drug-likeness (QED) is 0.578. The third kappa shape index (κ3) is 5.35. The number of methoxy groups -OCH3 is 1. The van der Waals surface area contributed by atoms with Crippen LogP contribution in [-0.2, 0) is 11.3 Å². The van der Waals surface area contributed by atoms with Crippen molar-refractivity contribution in [2.24, 2.45) is 0 Å². The number of amides is 2. The van der Waals surface area contributed by atoms with Crippen LogP contribution in [0.5, 0.6) is 5.75 Å². The van der Waals surface area contributed by atoms with Crippen molar-refractivity contribution in [3.63, 3.8) is 0 Å². The molecule has 0 N–H and O–H groups in total. The van der Waals surface area contributed by atoms with E-state index in [1.165, 1.54) is 0 Å². The maximum atomic E-state index is 13.8. The van der Waals surface area contributed by atoms with Crippen molar-refractivity contribution in [1.29, 1.82) is 0 Å². The molecule has 1 aliphatic rings. The van der Waals surface area contributed by atoms with Gasteiger partial charge >= 0.3 is 0 Å². The molecule has 0 saturated carbocycles. The molecule has 0 fully saturated rings. The zero-order valence-corrected chi connectivity index (χ0v) is 20.8. The number of hydrogen-bond donors (Lipinski definition) is 0. The molecule has 0 saturated heterocycles. The van der Waals surface area contributed by atoms with Gasteiger partial charge in [-0.3, -0.25) is 9.59 Å². The molecule has 0 radical (unpaired) electrons. The summed E-state index contributed by atoms with van der Waals surface area (Å²) in [6.07, 6.45) is 0.854. The van der Waals surface area contributed by atoms with Crippen LogP contribution in [0.2, 0.25) is 0 Å². The van der Waals surface area contributed by atoms with Crippen molar-refractivity contribution >= 4 is 17.5 Å². The Kier molecular flexibility index (Phi) is 7.45. The number of anilines is 1. The van der Waals surface area contributed by atoms with Gasteiger partial charge in [0.15, 0.2) is 5.69 Å². The number of fused-ring (bicyclic) bond motifs is 1. The second kappa shape index (κ2) is 10.7. The molecule has 35 heavy (non-hydrogen) atoms. The van der Waals surface area contributed by atoms with Crippen LogP contribution in [0.4, 0.5) is 5.69 Å². The van der Waals surface area contributed by atoms with E-state index in [1.54, 1.807) is 23.6 Å². The molecule has 0 unspecified atom stereocenters. The topological polar surface area (TPSA) is 83.8 Å². The molecule has 0 spiro atoms. The minimum absolute atomic E-state index is 0.00527. The molecular weight excluding hydrogens is 444 g/mol. The Morgan fingerprint density at radius 1 is 1.00 bits per heavy atom. The Morgan fingerprint density at radius 2 is 1.80 bits per heavy atom. The summed E-state index contributed by atoms with van der Waals surface area (Å²) in [6, 6.07) is 15.3. The van der Waals surface area contributed by atoms with Gasteiger partial charge < -0.3 is 19.4 Å². The highest BCUT2D eigenvalue weighted by atomic mass is 16.5. The molecule has 1 aromatic heterocycles. The molecule has 0 bridgehead atoms. The standard InChI is InChI=1S/C26H32N6O3/c1-19-25(27-28-32(19)22-10-7-11-23(17-22)35-4)26(34)30-16-15-29(3)13-8-14-31(20(2)33)24-12-6-5-9-21(24)18-30/h5-7,9-12,17H,8,13-16,18H2,1-4H3. The highest BCUT2D eigenvalue weighted by molar-refractivity contribution is 5.94. The van der Waals surface area contributed by atoms with Crippen LogP contribution >= 0.6 is 0 Å². The number of benzene rings is 2. The molecule has 0 aliphatic carbocycles. The maximum absolute atomic E-state index is 13.8. The van der Waals surface area contributed by atoms with Gasteiger partial charge in [-0.2, -0.15) is 0 Å². The van der Waals surface area contributed by atoms with Gasteiger partial charge in [-0.05, 0) is 50.7 Å². The molecule has 9 heteroatoms. The number of ether oxygens (including phenoxy) is 1. The van der Waals surface area contributed by atoms with Gasteiger partial charge in [-0.25, -0.2) is 4.68 Å². The first kappa shape index (κ1) is 24.4. The lowest BCUT2D eigenvalue weighted by Gasteiger charge is -2.27. The summed E-state index contributed by atoms with van der Waals surface area (Å²) in [5, 5.41) is 8.52. The molecule has 0 atom stereocenters. The predicted molar refractivity (Wildman–Crippen MR) is 134 cm³/mol. The van der Waals surface area contributed by atoms with Crippen LogP contribution in [-0.4, -0.2) is 76.9 Å². The van der Waals surface area contributed by atoms with E-state index < -0.39 is 0 Å². The Morgan fingerprint density at radius 3 is 2.57 bits per heavy atom. The van der Waals surface area contributed by atoms with Crippen LogP contribution in [0.3, 0.4) is 0 Å².